The number of carbonyl (C=O) groups is 1. The van der Waals surface area contributed by atoms with Gasteiger partial charge in [-0.2, -0.15) is 0 Å². The van der Waals surface area contributed by atoms with Gasteiger partial charge in [-0.05, 0) is 29.3 Å². The zero-order valence-electron chi connectivity index (χ0n) is 10.9. The first-order valence-corrected chi connectivity index (χ1v) is 7.83. The zero-order valence-corrected chi connectivity index (χ0v) is 13.1. The molecule has 1 heterocycles. The molecule has 1 aliphatic rings. The molecule has 0 aliphatic carbocycles. The summed E-state index contributed by atoms with van der Waals surface area (Å²) in [5.74, 6) is -0.246. The number of anilines is 1. The SMILES string of the molecule is CN1C(=O)C(CI)(c2ccc(F)cc2)c2ccccc21. The van der Waals surface area contributed by atoms with Crippen molar-refractivity contribution in [2.45, 2.75) is 5.41 Å². The fraction of sp³-hybridized carbons (Fsp3) is 0.188. The van der Waals surface area contributed by atoms with E-state index in [9.17, 15) is 9.18 Å². The molecule has 2 aromatic carbocycles. The highest BCUT2D eigenvalue weighted by atomic mass is 127. The highest BCUT2D eigenvalue weighted by molar-refractivity contribution is 14.1. The number of para-hydroxylation sites is 1. The molecular formula is C16H13FINO. The normalized spacial score (nSPS) is 21.1. The second-order valence-corrected chi connectivity index (χ2v) is 5.69. The van der Waals surface area contributed by atoms with Crippen LogP contribution in [0.2, 0.25) is 0 Å². The first-order chi connectivity index (χ1) is 9.61. The lowest BCUT2D eigenvalue weighted by Gasteiger charge is -2.26. The van der Waals surface area contributed by atoms with Gasteiger partial charge in [0, 0.05) is 17.2 Å². The van der Waals surface area contributed by atoms with E-state index in [1.165, 1.54) is 12.1 Å². The molecule has 2 aromatic rings. The summed E-state index contributed by atoms with van der Waals surface area (Å²) in [6, 6.07) is 14.1. The van der Waals surface area contributed by atoms with Gasteiger partial charge in [-0.25, -0.2) is 4.39 Å². The van der Waals surface area contributed by atoms with Crippen molar-refractivity contribution < 1.29 is 9.18 Å². The largest absolute Gasteiger partial charge is 0.314 e. The Bertz CT molecular complexity index is 670. The number of carbonyl (C=O) groups excluding carboxylic acids is 1. The molecule has 0 N–H and O–H groups in total. The van der Waals surface area contributed by atoms with Gasteiger partial charge in [0.25, 0.3) is 0 Å². The average Bonchev–Trinajstić information content (AvgIpc) is 2.70. The van der Waals surface area contributed by atoms with Crippen molar-refractivity contribution in [3.05, 3.63) is 65.5 Å². The van der Waals surface area contributed by atoms with Crippen LogP contribution >= 0.6 is 22.6 Å². The lowest BCUT2D eigenvalue weighted by Crippen LogP contribution is -2.41. The van der Waals surface area contributed by atoms with E-state index in [1.807, 2.05) is 24.3 Å². The first-order valence-electron chi connectivity index (χ1n) is 6.31. The summed E-state index contributed by atoms with van der Waals surface area (Å²) >= 11 is 2.24. The maximum atomic E-state index is 13.2. The third-order valence-corrected chi connectivity index (χ3v) is 5.08. The van der Waals surface area contributed by atoms with Gasteiger partial charge in [0.15, 0.2) is 0 Å². The number of fused-ring (bicyclic) bond motifs is 1. The fourth-order valence-electron chi connectivity index (χ4n) is 2.86. The molecule has 0 saturated carbocycles. The van der Waals surface area contributed by atoms with Crippen molar-refractivity contribution in [2.75, 3.05) is 16.4 Å². The maximum Gasteiger partial charge on any atom is 0.242 e. The molecule has 0 saturated heterocycles. The van der Waals surface area contributed by atoms with Gasteiger partial charge in [-0.1, -0.05) is 52.9 Å². The molecule has 102 valence electrons. The van der Waals surface area contributed by atoms with Crippen molar-refractivity contribution in [1.82, 2.24) is 0 Å². The number of halogens is 2. The summed E-state index contributed by atoms with van der Waals surface area (Å²) < 4.78 is 13.8. The summed E-state index contributed by atoms with van der Waals surface area (Å²) in [4.78, 5) is 14.5. The summed E-state index contributed by atoms with van der Waals surface area (Å²) in [7, 11) is 1.79. The Kier molecular flexibility index (Phi) is 3.28. The molecule has 20 heavy (non-hydrogen) atoms. The van der Waals surface area contributed by atoms with E-state index >= 15 is 0 Å². The van der Waals surface area contributed by atoms with Crippen LogP contribution in [0.5, 0.6) is 0 Å². The van der Waals surface area contributed by atoms with Gasteiger partial charge < -0.3 is 4.90 Å². The second-order valence-electron chi connectivity index (χ2n) is 4.93. The standard InChI is InChI=1S/C16H13FINO/c1-19-14-5-3-2-4-13(14)16(10-18,15(19)20)11-6-8-12(17)9-7-11/h2-9H,10H2,1H3. The maximum absolute atomic E-state index is 13.2. The minimum Gasteiger partial charge on any atom is -0.314 e. The Labute approximate surface area is 130 Å². The number of hydrogen-bond donors (Lipinski definition) is 0. The van der Waals surface area contributed by atoms with Gasteiger partial charge in [-0.15, -0.1) is 0 Å². The lowest BCUT2D eigenvalue weighted by atomic mass is 9.77. The molecule has 0 radical (unpaired) electrons. The van der Waals surface area contributed by atoms with Crippen LogP contribution in [-0.4, -0.2) is 17.4 Å². The number of benzene rings is 2. The molecule has 0 bridgehead atoms. The Morgan fingerprint density at radius 2 is 1.80 bits per heavy atom. The molecule has 3 rings (SSSR count). The minimum atomic E-state index is -0.709. The Morgan fingerprint density at radius 1 is 1.15 bits per heavy atom. The van der Waals surface area contributed by atoms with E-state index in [4.69, 9.17) is 0 Å². The molecule has 0 spiro atoms. The Morgan fingerprint density at radius 3 is 2.45 bits per heavy atom. The van der Waals surface area contributed by atoms with Crippen LogP contribution in [0.1, 0.15) is 11.1 Å². The zero-order chi connectivity index (χ0) is 14.3. The van der Waals surface area contributed by atoms with E-state index < -0.39 is 5.41 Å². The Balaban J connectivity index is 2.27. The van der Waals surface area contributed by atoms with Crippen LogP contribution in [0, 0.1) is 5.82 Å². The molecular weight excluding hydrogens is 368 g/mol. The van der Waals surface area contributed by atoms with Crippen molar-refractivity contribution in [3.8, 4) is 0 Å². The lowest BCUT2D eigenvalue weighted by molar-refractivity contribution is -0.120. The van der Waals surface area contributed by atoms with Crippen molar-refractivity contribution in [1.29, 1.82) is 0 Å². The number of nitrogens with zero attached hydrogens (tertiary/aromatic N) is 1. The fourth-order valence-corrected chi connectivity index (χ4v) is 4.04. The van der Waals surface area contributed by atoms with E-state index in [0.29, 0.717) is 4.43 Å². The van der Waals surface area contributed by atoms with E-state index in [-0.39, 0.29) is 11.7 Å². The van der Waals surface area contributed by atoms with Crippen LogP contribution < -0.4 is 4.90 Å². The highest BCUT2D eigenvalue weighted by Crippen LogP contribution is 2.46. The van der Waals surface area contributed by atoms with Gasteiger partial charge in [0.2, 0.25) is 5.91 Å². The Hall–Kier alpha value is -1.43. The summed E-state index contributed by atoms with van der Waals surface area (Å²) in [5, 5.41) is 0. The van der Waals surface area contributed by atoms with E-state index in [1.54, 1.807) is 24.1 Å². The molecule has 0 aromatic heterocycles. The molecule has 1 aliphatic heterocycles. The second kappa shape index (κ2) is 4.84. The molecule has 1 unspecified atom stereocenters. The van der Waals surface area contributed by atoms with Crippen LogP contribution in [-0.2, 0) is 10.2 Å². The molecule has 4 heteroatoms. The number of rotatable bonds is 2. The topological polar surface area (TPSA) is 20.3 Å². The molecule has 1 atom stereocenters. The number of likely N-dealkylation sites (N-methyl/N-ethyl adjacent to an activating group) is 1. The predicted octanol–water partition coefficient (Wildman–Crippen LogP) is 3.52. The first kappa shape index (κ1) is 13.5. The highest BCUT2D eigenvalue weighted by Gasteiger charge is 2.50. The monoisotopic (exact) mass is 381 g/mol. The predicted molar refractivity (Wildman–Crippen MR) is 85.9 cm³/mol. The summed E-state index contributed by atoms with van der Waals surface area (Å²) in [6.07, 6.45) is 0. The minimum absolute atomic E-state index is 0.0414. The smallest absolute Gasteiger partial charge is 0.242 e. The molecule has 2 nitrogen and oxygen atoms in total. The van der Waals surface area contributed by atoms with Crippen molar-refractivity contribution in [2.24, 2.45) is 0 Å². The summed E-state index contributed by atoms with van der Waals surface area (Å²) in [6.45, 7) is 0. The van der Waals surface area contributed by atoms with Gasteiger partial charge >= 0.3 is 0 Å². The quantitative estimate of drug-likeness (QED) is 0.576. The average molecular weight is 381 g/mol. The van der Waals surface area contributed by atoms with Crippen LogP contribution in [0.3, 0.4) is 0 Å². The molecule has 0 fully saturated rings. The van der Waals surface area contributed by atoms with E-state index in [0.717, 1.165) is 16.8 Å². The third kappa shape index (κ3) is 1.70. The van der Waals surface area contributed by atoms with Crippen LogP contribution in [0.4, 0.5) is 10.1 Å². The number of alkyl halides is 1. The van der Waals surface area contributed by atoms with E-state index in [2.05, 4.69) is 22.6 Å². The van der Waals surface area contributed by atoms with Crippen molar-refractivity contribution in [3.63, 3.8) is 0 Å². The summed E-state index contributed by atoms with van der Waals surface area (Å²) in [5.41, 5.74) is 2.06. The van der Waals surface area contributed by atoms with Gasteiger partial charge in [-0.3, -0.25) is 4.79 Å². The third-order valence-electron chi connectivity index (χ3n) is 3.93. The van der Waals surface area contributed by atoms with Crippen LogP contribution in [0.25, 0.3) is 0 Å². The number of hydrogen-bond acceptors (Lipinski definition) is 1. The van der Waals surface area contributed by atoms with Crippen LogP contribution in [0.15, 0.2) is 48.5 Å². The van der Waals surface area contributed by atoms with Gasteiger partial charge in [0.05, 0.1) is 0 Å². The molecule has 1 amide bonds. The van der Waals surface area contributed by atoms with Gasteiger partial charge in [0.1, 0.15) is 11.2 Å². The number of amides is 1. The van der Waals surface area contributed by atoms with Crippen molar-refractivity contribution >= 4 is 34.2 Å².